The van der Waals surface area contributed by atoms with Gasteiger partial charge in [0.2, 0.25) is 0 Å². The molecule has 2 aromatic carbocycles. The predicted molar refractivity (Wildman–Crippen MR) is 106 cm³/mol. The number of nitro benzene ring substituents is 1. The maximum absolute atomic E-state index is 12.8. The molecule has 0 spiro atoms. The van der Waals surface area contributed by atoms with Crippen molar-refractivity contribution in [3.05, 3.63) is 69.6 Å². The lowest BCUT2D eigenvalue weighted by Crippen LogP contribution is -2.15. The fourth-order valence-electron chi connectivity index (χ4n) is 2.60. The first-order valence-electron chi connectivity index (χ1n) is 8.10. The van der Waals surface area contributed by atoms with Crippen molar-refractivity contribution in [3.63, 3.8) is 0 Å². The molecule has 0 aliphatic heterocycles. The Bertz CT molecular complexity index is 1090. The zero-order valence-corrected chi connectivity index (χ0v) is 16.3. The van der Waals surface area contributed by atoms with Crippen molar-refractivity contribution in [2.75, 3.05) is 4.72 Å². The van der Waals surface area contributed by atoms with E-state index in [1.807, 2.05) is 13.8 Å². The Morgan fingerprint density at radius 2 is 1.89 bits per heavy atom. The summed E-state index contributed by atoms with van der Waals surface area (Å²) in [5.74, 6) is 0.0505. The summed E-state index contributed by atoms with van der Waals surface area (Å²) in [6, 6.07) is 12.9. The normalized spacial score (nSPS) is 11.5. The van der Waals surface area contributed by atoms with Gasteiger partial charge in [0.1, 0.15) is 0 Å². The van der Waals surface area contributed by atoms with Crippen molar-refractivity contribution in [2.45, 2.75) is 24.7 Å². The predicted octanol–water partition coefficient (Wildman–Crippen LogP) is 4.64. The van der Waals surface area contributed by atoms with Crippen LogP contribution in [0.5, 0.6) is 0 Å². The molecule has 9 heteroatoms. The van der Waals surface area contributed by atoms with Crippen LogP contribution in [0.4, 0.5) is 10.8 Å². The Kier molecular flexibility index (Phi) is 5.24. The molecule has 27 heavy (non-hydrogen) atoms. The summed E-state index contributed by atoms with van der Waals surface area (Å²) in [6.45, 7) is 3.86. The van der Waals surface area contributed by atoms with Gasteiger partial charge in [0, 0.05) is 23.1 Å². The average Bonchev–Trinajstić information content (AvgIpc) is 3.09. The van der Waals surface area contributed by atoms with E-state index in [0.29, 0.717) is 11.3 Å². The van der Waals surface area contributed by atoms with E-state index in [-0.39, 0.29) is 21.6 Å². The van der Waals surface area contributed by atoms with E-state index in [0.717, 1.165) is 16.9 Å². The molecule has 0 saturated heterocycles. The van der Waals surface area contributed by atoms with Gasteiger partial charge in [-0.2, -0.15) is 0 Å². The van der Waals surface area contributed by atoms with Crippen molar-refractivity contribution in [1.82, 2.24) is 4.98 Å². The van der Waals surface area contributed by atoms with Crippen LogP contribution in [0.1, 0.15) is 25.3 Å². The Labute approximate surface area is 160 Å². The van der Waals surface area contributed by atoms with E-state index in [1.165, 1.54) is 12.1 Å². The van der Waals surface area contributed by atoms with Crippen LogP contribution in [-0.2, 0) is 10.0 Å². The molecule has 1 aromatic heterocycles. The molecule has 0 atom stereocenters. The van der Waals surface area contributed by atoms with E-state index in [9.17, 15) is 18.5 Å². The monoisotopic (exact) mass is 403 g/mol. The number of aromatic nitrogens is 1. The van der Waals surface area contributed by atoms with Crippen LogP contribution in [0.25, 0.3) is 11.3 Å². The molecule has 1 heterocycles. The van der Waals surface area contributed by atoms with Crippen LogP contribution >= 0.6 is 11.3 Å². The first kappa shape index (κ1) is 19.0. The first-order chi connectivity index (χ1) is 12.8. The number of anilines is 1. The topological polar surface area (TPSA) is 102 Å². The van der Waals surface area contributed by atoms with Crippen LogP contribution in [0, 0.1) is 10.1 Å². The van der Waals surface area contributed by atoms with Crippen molar-refractivity contribution in [1.29, 1.82) is 0 Å². The summed E-state index contributed by atoms with van der Waals surface area (Å²) < 4.78 is 28.1. The summed E-state index contributed by atoms with van der Waals surface area (Å²) in [5.41, 5.74) is 1.70. The van der Waals surface area contributed by atoms with Gasteiger partial charge in [0.25, 0.3) is 15.7 Å². The Morgan fingerprint density at radius 1 is 1.15 bits per heavy atom. The zero-order valence-electron chi connectivity index (χ0n) is 14.6. The second kappa shape index (κ2) is 7.45. The van der Waals surface area contributed by atoms with Crippen LogP contribution in [0.3, 0.4) is 0 Å². The van der Waals surface area contributed by atoms with Crippen LogP contribution < -0.4 is 4.72 Å². The number of thiazole rings is 1. The van der Waals surface area contributed by atoms with E-state index in [2.05, 4.69) is 9.71 Å². The SMILES string of the molecule is CC(C)c1ccccc1S(=O)(=O)Nc1nc(-c2cccc([N+](=O)[O-])c2)cs1. The van der Waals surface area contributed by atoms with Crippen LogP contribution in [-0.4, -0.2) is 18.3 Å². The quantitative estimate of drug-likeness (QED) is 0.477. The molecule has 0 amide bonds. The van der Waals surface area contributed by atoms with Gasteiger partial charge >= 0.3 is 0 Å². The third-order valence-electron chi connectivity index (χ3n) is 3.91. The summed E-state index contributed by atoms with van der Waals surface area (Å²) >= 11 is 1.12. The van der Waals surface area contributed by atoms with Gasteiger partial charge in [-0.05, 0) is 17.5 Å². The number of rotatable bonds is 6. The summed E-state index contributed by atoms with van der Waals surface area (Å²) in [7, 11) is -3.79. The molecular weight excluding hydrogens is 386 g/mol. The third kappa shape index (κ3) is 4.15. The van der Waals surface area contributed by atoms with Crippen LogP contribution in [0.2, 0.25) is 0 Å². The minimum Gasteiger partial charge on any atom is -0.258 e. The van der Waals surface area contributed by atoms with Gasteiger partial charge in [-0.15, -0.1) is 11.3 Å². The summed E-state index contributed by atoms with van der Waals surface area (Å²) in [5, 5.41) is 12.8. The van der Waals surface area contributed by atoms with Crippen LogP contribution in [0.15, 0.2) is 58.8 Å². The number of benzene rings is 2. The molecule has 140 valence electrons. The van der Waals surface area contributed by atoms with Crippen molar-refractivity contribution < 1.29 is 13.3 Å². The number of nitro groups is 1. The lowest BCUT2D eigenvalue weighted by atomic mass is 10.0. The second-order valence-corrected chi connectivity index (χ2v) is 8.65. The van der Waals surface area contributed by atoms with Gasteiger partial charge in [-0.3, -0.25) is 14.8 Å². The first-order valence-corrected chi connectivity index (χ1v) is 10.5. The molecule has 0 aliphatic carbocycles. The number of hydrogen-bond donors (Lipinski definition) is 1. The smallest absolute Gasteiger partial charge is 0.258 e. The average molecular weight is 403 g/mol. The van der Waals surface area contributed by atoms with Gasteiger partial charge in [0.05, 0.1) is 15.5 Å². The second-order valence-electron chi connectivity index (χ2n) is 6.14. The number of nitrogens with zero attached hydrogens (tertiary/aromatic N) is 2. The Morgan fingerprint density at radius 3 is 2.59 bits per heavy atom. The lowest BCUT2D eigenvalue weighted by Gasteiger charge is -2.13. The van der Waals surface area contributed by atoms with Crippen molar-refractivity contribution >= 4 is 32.2 Å². The molecule has 0 aliphatic rings. The van der Waals surface area contributed by atoms with E-state index >= 15 is 0 Å². The maximum atomic E-state index is 12.8. The molecule has 0 fully saturated rings. The molecular formula is C18H17N3O4S2. The molecule has 3 aromatic rings. The highest BCUT2D eigenvalue weighted by Gasteiger charge is 2.21. The summed E-state index contributed by atoms with van der Waals surface area (Å²) in [6.07, 6.45) is 0. The highest BCUT2D eigenvalue weighted by atomic mass is 32.2. The fraction of sp³-hybridized carbons (Fsp3) is 0.167. The zero-order chi connectivity index (χ0) is 19.6. The molecule has 0 unspecified atom stereocenters. The minimum absolute atomic E-state index is 0.0477. The number of nitrogens with one attached hydrogen (secondary N) is 1. The molecule has 7 nitrogen and oxygen atoms in total. The van der Waals surface area contributed by atoms with Gasteiger partial charge < -0.3 is 0 Å². The highest BCUT2D eigenvalue weighted by molar-refractivity contribution is 7.93. The minimum atomic E-state index is -3.79. The van der Waals surface area contributed by atoms with Gasteiger partial charge in [-0.1, -0.05) is 44.2 Å². The van der Waals surface area contributed by atoms with Gasteiger partial charge in [-0.25, -0.2) is 13.4 Å². The third-order valence-corrected chi connectivity index (χ3v) is 6.21. The Hall–Kier alpha value is -2.78. The molecule has 0 saturated carbocycles. The van der Waals surface area contributed by atoms with Gasteiger partial charge in [0.15, 0.2) is 5.13 Å². The van der Waals surface area contributed by atoms with E-state index < -0.39 is 14.9 Å². The number of sulfonamides is 1. The molecule has 0 bridgehead atoms. The maximum Gasteiger partial charge on any atom is 0.270 e. The summed E-state index contributed by atoms with van der Waals surface area (Å²) in [4.78, 5) is 14.9. The molecule has 0 radical (unpaired) electrons. The largest absolute Gasteiger partial charge is 0.270 e. The van der Waals surface area contributed by atoms with E-state index in [4.69, 9.17) is 0 Å². The van der Waals surface area contributed by atoms with Crippen molar-refractivity contribution in [3.8, 4) is 11.3 Å². The Balaban J connectivity index is 1.90. The highest BCUT2D eigenvalue weighted by Crippen LogP contribution is 2.30. The number of non-ortho nitro benzene ring substituents is 1. The lowest BCUT2D eigenvalue weighted by molar-refractivity contribution is -0.384. The number of hydrogen-bond acceptors (Lipinski definition) is 6. The molecule has 3 rings (SSSR count). The van der Waals surface area contributed by atoms with Crippen molar-refractivity contribution in [2.24, 2.45) is 0 Å². The standard InChI is InChI=1S/C18H17N3O4S2/c1-12(2)15-8-3-4-9-17(15)27(24,25)20-18-19-16(11-26-18)13-6-5-7-14(10-13)21(22)23/h3-12H,1-2H3,(H,19,20). The fourth-order valence-corrected chi connectivity index (χ4v) is 4.95. The molecule has 1 N–H and O–H groups in total. The van der Waals surface area contributed by atoms with E-state index in [1.54, 1.807) is 41.8 Å².